The van der Waals surface area contributed by atoms with Gasteiger partial charge in [0, 0.05) is 0 Å². The van der Waals surface area contributed by atoms with Crippen LogP contribution in [0.1, 0.15) is 24.0 Å². The number of aliphatic hydroxyl groups is 1. The first-order valence-electron chi connectivity index (χ1n) is 8.42. The lowest BCUT2D eigenvalue weighted by Gasteiger charge is -2.20. The third-order valence-corrected chi connectivity index (χ3v) is 4.66. The van der Waals surface area contributed by atoms with Crippen LogP contribution in [0.25, 0.3) is 0 Å². The molecule has 6 nitrogen and oxygen atoms in total. The molecule has 0 bridgehead atoms. The molecule has 0 saturated heterocycles. The number of aliphatic hydroxyl groups excluding tert-OH is 1. The molecule has 146 valence electrons. The van der Waals surface area contributed by atoms with E-state index in [9.17, 15) is 22.7 Å². The highest BCUT2D eigenvalue weighted by molar-refractivity contribution is 7.92. The number of nitrogens with one attached hydrogen (secondary N) is 2. The third kappa shape index (κ3) is 6.33. The van der Waals surface area contributed by atoms with Gasteiger partial charge in [-0.3, -0.25) is 9.52 Å². The van der Waals surface area contributed by atoms with Crippen LogP contribution in [0, 0.1) is 5.82 Å². The fourth-order valence-corrected chi connectivity index (χ4v) is 3.19. The lowest BCUT2D eigenvalue weighted by atomic mass is 9.98. The van der Waals surface area contributed by atoms with Crippen molar-refractivity contribution in [1.82, 2.24) is 5.32 Å². The molecule has 8 heteroatoms. The molecule has 1 unspecified atom stereocenters. The van der Waals surface area contributed by atoms with Crippen LogP contribution in [0.5, 0.6) is 0 Å². The van der Waals surface area contributed by atoms with Crippen LogP contribution in [-0.2, 0) is 21.2 Å². The van der Waals surface area contributed by atoms with Crippen molar-refractivity contribution >= 4 is 21.6 Å². The summed E-state index contributed by atoms with van der Waals surface area (Å²) < 4.78 is 38.6. The lowest BCUT2D eigenvalue weighted by Crippen LogP contribution is -2.41. The van der Waals surface area contributed by atoms with Gasteiger partial charge in [0.05, 0.1) is 30.5 Å². The molecule has 1 amide bonds. The molecule has 2 atom stereocenters. The minimum atomic E-state index is -3.60. The van der Waals surface area contributed by atoms with E-state index in [1.165, 1.54) is 12.1 Å². The molecule has 0 aliphatic heterocycles. The molecule has 0 radical (unpaired) electrons. The zero-order valence-electron chi connectivity index (χ0n) is 15.1. The van der Waals surface area contributed by atoms with E-state index < -0.39 is 27.8 Å². The molecular weight excluding hydrogens is 371 g/mol. The first kappa shape index (κ1) is 20.9. The van der Waals surface area contributed by atoms with Crippen molar-refractivity contribution in [2.45, 2.75) is 25.3 Å². The van der Waals surface area contributed by atoms with Crippen molar-refractivity contribution in [3.05, 3.63) is 65.5 Å². The van der Waals surface area contributed by atoms with E-state index in [-0.39, 0.29) is 18.2 Å². The van der Waals surface area contributed by atoms with Gasteiger partial charge in [0.2, 0.25) is 15.9 Å². The number of halogens is 1. The van der Waals surface area contributed by atoms with E-state index in [4.69, 9.17) is 0 Å². The van der Waals surface area contributed by atoms with E-state index in [1.54, 1.807) is 6.92 Å². The average molecular weight is 394 g/mol. The van der Waals surface area contributed by atoms with Crippen LogP contribution >= 0.6 is 0 Å². The zero-order chi connectivity index (χ0) is 20.0. The third-order valence-electron chi connectivity index (χ3n) is 4.07. The molecule has 0 heterocycles. The predicted octanol–water partition coefficient (Wildman–Crippen LogP) is 2.02. The van der Waals surface area contributed by atoms with Gasteiger partial charge >= 0.3 is 0 Å². The van der Waals surface area contributed by atoms with Crippen LogP contribution in [0.3, 0.4) is 0 Å². The normalized spacial score (nSPS) is 13.6. The molecular formula is C19H23FN2O4S. The smallest absolute Gasteiger partial charge is 0.229 e. The van der Waals surface area contributed by atoms with E-state index in [0.717, 1.165) is 17.9 Å². The van der Waals surface area contributed by atoms with Crippen molar-refractivity contribution in [2.24, 2.45) is 0 Å². The Hall–Kier alpha value is -2.45. The summed E-state index contributed by atoms with van der Waals surface area (Å²) in [6.45, 7) is 1.39. The van der Waals surface area contributed by atoms with Crippen molar-refractivity contribution < 1.29 is 22.7 Å². The number of carbonyl (C=O) groups excluding carboxylic acids is 1. The van der Waals surface area contributed by atoms with Crippen LogP contribution < -0.4 is 10.0 Å². The van der Waals surface area contributed by atoms with Gasteiger partial charge in [0.25, 0.3) is 0 Å². The van der Waals surface area contributed by atoms with Crippen LogP contribution in [0.2, 0.25) is 0 Å². The number of carbonyl (C=O) groups is 1. The van der Waals surface area contributed by atoms with Gasteiger partial charge in [-0.15, -0.1) is 0 Å². The maximum atomic E-state index is 14.1. The summed E-state index contributed by atoms with van der Waals surface area (Å²) in [7, 11) is -3.60. The van der Waals surface area contributed by atoms with E-state index >= 15 is 0 Å². The van der Waals surface area contributed by atoms with E-state index in [2.05, 4.69) is 10.0 Å². The minimum absolute atomic E-state index is 0.175. The van der Waals surface area contributed by atoms with Gasteiger partial charge in [-0.05, 0) is 36.6 Å². The van der Waals surface area contributed by atoms with Gasteiger partial charge in [0.15, 0.2) is 0 Å². The fraction of sp³-hybridized carbons (Fsp3) is 0.316. The Balaban J connectivity index is 2.06. The summed E-state index contributed by atoms with van der Waals surface area (Å²) in [6.07, 6.45) is 1.40. The Bertz CT molecular complexity index is 888. The number of benzene rings is 2. The predicted molar refractivity (Wildman–Crippen MR) is 102 cm³/mol. The highest BCUT2D eigenvalue weighted by Crippen LogP contribution is 2.22. The van der Waals surface area contributed by atoms with E-state index in [1.807, 2.05) is 30.3 Å². The SMILES string of the molecule is C[C@H](C(=O)NC(CO)Cc1ccccc1)c1ccc(NS(C)(=O)=O)c(F)c1. The number of hydrogen-bond acceptors (Lipinski definition) is 4. The first-order chi connectivity index (χ1) is 12.7. The summed E-state index contributed by atoms with van der Waals surface area (Å²) in [6, 6.07) is 12.9. The molecule has 0 spiro atoms. The first-order valence-corrected chi connectivity index (χ1v) is 10.3. The fourth-order valence-electron chi connectivity index (χ4n) is 2.62. The van der Waals surface area contributed by atoms with Crippen molar-refractivity contribution in [2.75, 3.05) is 17.6 Å². The number of sulfonamides is 1. The Morgan fingerprint density at radius 3 is 2.41 bits per heavy atom. The monoisotopic (exact) mass is 394 g/mol. The highest BCUT2D eigenvalue weighted by atomic mass is 32.2. The highest BCUT2D eigenvalue weighted by Gasteiger charge is 2.20. The largest absolute Gasteiger partial charge is 0.394 e. The van der Waals surface area contributed by atoms with Crippen molar-refractivity contribution in [1.29, 1.82) is 0 Å². The second kappa shape index (κ2) is 8.96. The maximum absolute atomic E-state index is 14.1. The van der Waals surface area contributed by atoms with Crippen molar-refractivity contribution in [3.8, 4) is 0 Å². The molecule has 2 rings (SSSR count). The van der Waals surface area contributed by atoms with Crippen LogP contribution in [0.4, 0.5) is 10.1 Å². The summed E-state index contributed by atoms with van der Waals surface area (Å²) in [5.41, 5.74) is 1.21. The van der Waals surface area contributed by atoms with Gasteiger partial charge in [0.1, 0.15) is 5.82 Å². The second-order valence-electron chi connectivity index (χ2n) is 6.41. The standard InChI is InChI=1S/C19H23FN2O4S/c1-13(15-8-9-18(17(20)11-15)22-27(2,25)26)19(24)21-16(12-23)10-14-6-4-3-5-7-14/h3-9,11,13,16,22-23H,10,12H2,1-2H3,(H,21,24)/t13-,16?/m0/s1. The molecule has 0 aromatic heterocycles. The topological polar surface area (TPSA) is 95.5 Å². The number of hydrogen-bond donors (Lipinski definition) is 3. The lowest BCUT2D eigenvalue weighted by molar-refractivity contribution is -0.123. The van der Waals surface area contributed by atoms with Gasteiger partial charge in [-0.25, -0.2) is 12.8 Å². The quantitative estimate of drug-likeness (QED) is 0.638. The Morgan fingerprint density at radius 2 is 1.85 bits per heavy atom. The van der Waals surface area contributed by atoms with E-state index in [0.29, 0.717) is 12.0 Å². The van der Waals surface area contributed by atoms with Gasteiger partial charge in [-0.2, -0.15) is 0 Å². The molecule has 0 aliphatic rings. The van der Waals surface area contributed by atoms with Crippen LogP contribution in [-0.4, -0.2) is 38.3 Å². The number of amides is 1. The Kier molecular flexibility index (Phi) is 6.92. The Labute approximate surface area is 158 Å². The second-order valence-corrected chi connectivity index (χ2v) is 8.16. The molecule has 27 heavy (non-hydrogen) atoms. The zero-order valence-corrected chi connectivity index (χ0v) is 16.0. The molecule has 2 aromatic rings. The molecule has 2 aromatic carbocycles. The summed E-state index contributed by atoms with van der Waals surface area (Å²) >= 11 is 0. The van der Waals surface area contributed by atoms with Crippen LogP contribution in [0.15, 0.2) is 48.5 Å². The summed E-state index contributed by atoms with van der Waals surface area (Å²) in [4.78, 5) is 12.5. The summed E-state index contributed by atoms with van der Waals surface area (Å²) in [5.74, 6) is -1.79. The molecule has 0 aliphatic carbocycles. The Morgan fingerprint density at radius 1 is 1.19 bits per heavy atom. The van der Waals surface area contributed by atoms with Gasteiger partial charge < -0.3 is 10.4 Å². The van der Waals surface area contributed by atoms with Gasteiger partial charge in [-0.1, -0.05) is 36.4 Å². The molecule has 0 saturated carbocycles. The maximum Gasteiger partial charge on any atom is 0.229 e. The number of rotatable bonds is 8. The molecule has 3 N–H and O–H groups in total. The summed E-state index contributed by atoms with van der Waals surface area (Å²) in [5, 5.41) is 12.3. The van der Waals surface area contributed by atoms with Crippen molar-refractivity contribution in [3.63, 3.8) is 0 Å². The molecule has 0 fully saturated rings. The number of anilines is 1. The average Bonchev–Trinajstić information content (AvgIpc) is 2.62. The minimum Gasteiger partial charge on any atom is -0.394 e.